The fourth-order valence-electron chi connectivity index (χ4n) is 3.02. The van der Waals surface area contributed by atoms with Gasteiger partial charge >= 0.3 is 12.0 Å². The molecule has 2 rings (SSSR count). The standard InChI is InChI=1S/C19H27N3O4S/c1-26-18(24)16(10-12-27-2)21-17(23)14-7-6-11-22(13-14)19(25)20-15-8-4-3-5-9-15/h3-5,8-9,14,16H,6-7,10-13H2,1-2H3,(H,20,25)(H,21,23)/t14-,16-/m0/s1. The molecule has 2 atom stereocenters. The van der Waals surface area contributed by atoms with Gasteiger partial charge in [0.05, 0.1) is 13.0 Å². The van der Waals surface area contributed by atoms with E-state index in [1.54, 1.807) is 16.7 Å². The van der Waals surface area contributed by atoms with Crippen LogP contribution in [0.4, 0.5) is 10.5 Å². The van der Waals surface area contributed by atoms with Crippen LogP contribution in [0.1, 0.15) is 19.3 Å². The Morgan fingerprint density at radius 3 is 2.70 bits per heavy atom. The largest absolute Gasteiger partial charge is 0.467 e. The van der Waals surface area contributed by atoms with E-state index in [9.17, 15) is 14.4 Å². The number of likely N-dealkylation sites (tertiary alicyclic amines) is 1. The monoisotopic (exact) mass is 393 g/mol. The molecular formula is C19H27N3O4S. The molecule has 2 N–H and O–H groups in total. The Labute approximate surface area is 164 Å². The minimum absolute atomic E-state index is 0.205. The van der Waals surface area contributed by atoms with Gasteiger partial charge in [-0.1, -0.05) is 18.2 Å². The molecule has 0 spiro atoms. The summed E-state index contributed by atoms with van der Waals surface area (Å²) in [4.78, 5) is 38.6. The number of hydrogen-bond acceptors (Lipinski definition) is 5. The summed E-state index contributed by atoms with van der Waals surface area (Å²) in [5.41, 5.74) is 0.719. The highest BCUT2D eigenvalue weighted by Crippen LogP contribution is 2.19. The SMILES string of the molecule is COC(=O)[C@H](CCSC)NC(=O)[C@H]1CCCN(C(=O)Nc2ccccc2)C1. The van der Waals surface area contributed by atoms with Crippen molar-refractivity contribution in [1.29, 1.82) is 0 Å². The first-order chi connectivity index (χ1) is 13.0. The molecule has 1 aliphatic heterocycles. The van der Waals surface area contributed by atoms with Crippen molar-refractivity contribution < 1.29 is 19.1 Å². The zero-order valence-electron chi connectivity index (χ0n) is 15.8. The maximum absolute atomic E-state index is 12.6. The zero-order valence-corrected chi connectivity index (χ0v) is 16.6. The van der Waals surface area contributed by atoms with Crippen molar-refractivity contribution in [2.45, 2.75) is 25.3 Å². The van der Waals surface area contributed by atoms with Crippen molar-refractivity contribution in [3.8, 4) is 0 Å². The summed E-state index contributed by atoms with van der Waals surface area (Å²) in [7, 11) is 1.32. The van der Waals surface area contributed by atoms with Crippen LogP contribution in [0.3, 0.4) is 0 Å². The Morgan fingerprint density at radius 1 is 1.30 bits per heavy atom. The number of ether oxygens (including phenoxy) is 1. The van der Waals surface area contributed by atoms with Crippen molar-refractivity contribution in [3.63, 3.8) is 0 Å². The normalized spacial score (nSPS) is 17.7. The molecule has 3 amide bonds. The minimum Gasteiger partial charge on any atom is -0.467 e. The van der Waals surface area contributed by atoms with Gasteiger partial charge in [-0.05, 0) is 43.4 Å². The van der Waals surface area contributed by atoms with Crippen molar-refractivity contribution in [2.75, 3.05) is 37.5 Å². The first kappa shape index (κ1) is 21.1. The average molecular weight is 394 g/mol. The Kier molecular flexibility index (Phi) is 8.44. The Balaban J connectivity index is 1.92. The molecule has 1 aliphatic rings. The highest BCUT2D eigenvalue weighted by molar-refractivity contribution is 7.98. The summed E-state index contributed by atoms with van der Waals surface area (Å²) in [6.45, 7) is 0.941. The predicted molar refractivity (Wildman–Crippen MR) is 107 cm³/mol. The Hall–Kier alpha value is -2.22. The van der Waals surface area contributed by atoms with Crippen LogP contribution in [-0.4, -0.2) is 61.1 Å². The van der Waals surface area contributed by atoms with E-state index in [-0.39, 0.29) is 17.9 Å². The highest BCUT2D eigenvalue weighted by Gasteiger charge is 2.31. The number of carbonyl (C=O) groups excluding carboxylic acids is 3. The van der Waals surface area contributed by atoms with Crippen molar-refractivity contribution in [2.24, 2.45) is 5.92 Å². The smallest absolute Gasteiger partial charge is 0.328 e. The van der Waals surface area contributed by atoms with Gasteiger partial charge in [0, 0.05) is 18.8 Å². The summed E-state index contributed by atoms with van der Waals surface area (Å²) < 4.78 is 4.79. The van der Waals surface area contributed by atoms with Crippen molar-refractivity contribution in [3.05, 3.63) is 30.3 Å². The molecule has 148 valence electrons. The Bertz CT molecular complexity index is 641. The molecule has 1 aromatic rings. The summed E-state index contributed by atoms with van der Waals surface area (Å²) in [6, 6.07) is 8.35. The first-order valence-corrected chi connectivity index (χ1v) is 10.4. The van der Waals surface area contributed by atoms with Crippen LogP contribution in [0, 0.1) is 5.92 Å². The van der Waals surface area contributed by atoms with E-state index in [1.807, 2.05) is 36.6 Å². The minimum atomic E-state index is -0.650. The van der Waals surface area contributed by atoms with E-state index in [4.69, 9.17) is 4.74 Å². The molecule has 1 saturated heterocycles. The number of para-hydroxylation sites is 1. The topological polar surface area (TPSA) is 87.7 Å². The summed E-state index contributed by atoms with van der Waals surface area (Å²) >= 11 is 1.61. The second-order valence-electron chi connectivity index (χ2n) is 6.45. The lowest BCUT2D eigenvalue weighted by Crippen LogP contribution is -2.50. The number of nitrogens with one attached hydrogen (secondary N) is 2. The van der Waals surface area contributed by atoms with Crippen molar-refractivity contribution in [1.82, 2.24) is 10.2 Å². The highest BCUT2D eigenvalue weighted by atomic mass is 32.2. The number of anilines is 1. The molecule has 8 heteroatoms. The molecule has 0 unspecified atom stereocenters. The number of rotatable bonds is 7. The summed E-state index contributed by atoms with van der Waals surface area (Å²) in [5, 5.41) is 5.64. The van der Waals surface area contributed by atoms with Crippen LogP contribution in [0.2, 0.25) is 0 Å². The van der Waals surface area contributed by atoms with Gasteiger partial charge in [-0.15, -0.1) is 0 Å². The lowest BCUT2D eigenvalue weighted by Gasteiger charge is -2.32. The predicted octanol–water partition coefficient (Wildman–Crippen LogP) is 2.34. The van der Waals surface area contributed by atoms with Gasteiger partial charge < -0.3 is 20.3 Å². The molecule has 27 heavy (non-hydrogen) atoms. The van der Waals surface area contributed by atoms with E-state index in [1.165, 1.54) is 7.11 Å². The number of nitrogens with zero attached hydrogens (tertiary/aromatic N) is 1. The quantitative estimate of drug-likeness (QED) is 0.695. The first-order valence-electron chi connectivity index (χ1n) is 9.03. The van der Waals surface area contributed by atoms with Crippen LogP contribution in [0.25, 0.3) is 0 Å². The van der Waals surface area contributed by atoms with Gasteiger partial charge in [0.25, 0.3) is 0 Å². The fraction of sp³-hybridized carbons (Fsp3) is 0.526. The zero-order chi connectivity index (χ0) is 19.6. The van der Waals surface area contributed by atoms with Crippen LogP contribution in [-0.2, 0) is 14.3 Å². The second-order valence-corrected chi connectivity index (χ2v) is 7.43. The third-order valence-electron chi connectivity index (χ3n) is 4.52. The third kappa shape index (κ3) is 6.46. The van der Waals surface area contributed by atoms with Gasteiger partial charge in [0.1, 0.15) is 6.04 Å². The molecule has 0 aromatic heterocycles. The number of carbonyl (C=O) groups is 3. The van der Waals surface area contributed by atoms with Gasteiger partial charge in [0.2, 0.25) is 5.91 Å². The number of esters is 1. The molecule has 1 fully saturated rings. The number of urea groups is 1. The number of hydrogen-bond donors (Lipinski definition) is 2. The van der Waals surface area contributed by atoms with E-state index in [2.05, 4.69) is 10.6 Å². The maximum Gasteiger partial charge on any atom is 0.328 e. The molecule has 0 aliphatic carbocycles. The molecule has 1 aromatic carbocycles. The molecule has 0 radical (unpaired) electrons. The number of amides is 3. The Morgan fingerprint density at radius 2 is 2.04 bits per heavy atom. The molecule has 0 saturated carbocycles. The summed E-state index contributed by atoms with van der Waals surface area (Å²) in [6.07, 6.45) is 3.90. The van der Waals surface area contributed by atoms with Crippen LogP contribution in [0.5, 0.6) is 0 Å². The molecule has 1 heterocycles. The molecule has 0 bridgehead atoms. The number of piperidine rings is 1. The average Bonchev–Trinajstić information content (AvgIpc) is 2.71. The van der Waals surface area contributed by atoms with Gasteiger partial charge in [0.15, 0.2) is 0 Å². The summed E-state index contributed by atoms with van der Waals surface area (Å²) in [5.74, 6) is -0.228. The second kappa shape index (κ2) is 10.8. The molecule has 7 nitrogen and oxygen atoms in total. The van der Waals surface area contributed by atoms with E-state index < -0.39 is 12.0 Å². The maximum atomic E-state index is 12.6. The van der Waals surface area contributed by atoms with Crippen LogP contribution < -0.4 is 10.6 Å². The van der Waals surface area contributed by atoms with Crippen molar-refractivity contribution >= 4 is 35.4 Å². The van der Waals surface area contributed by atoms with Gasteiger partial charge in [-0.25, -0.2) is 9.59 Å². The fourth-order valence-corrected chi connectivity index (χ4v) is 3.49. The molecular weight excluding hydrogens is 366 g/mol. The number of thioether (sulfide) groups is 1. The number of methoxy groups -OCH3 is 1. The lowest BCUT2D eigenvalue weighted by molar-refractivity contribution is -0.145. The third-order valence-corrected chi connectivity index (χ3v) is 5.16. The number of benzene rings is 1. The van der Waals surface area contributed by atoms with Gasteiger partial charge in [-0.2, -0.15) is 11.8 Å². The van der Waals surface area contributed by atoms with Gasteiger partial charge in [-0.3, -0.25) is 4.79 Å². The van der Waals surface area contributed by atoms with Crippen LogP contribution in [0.15, 0.2) is 30.3 Å². The van der Waals surface area contributed by atoms with E-state index >= 15 is 0 Å². The lowest BCUT2D eigenvalue weighted by atomic mass is 9.97. The van der Waals surface area contributed by atoms with Crippen LogP contribution >= 0.6 is 11.8 Å². The van der Waals surface area contributed by atoms with E-state index in [0.717, 1.165) is 17.9 Å². The van der Waals surface area contributed by atoms with E-state index in [0.29, 0.717) is 25.9 Å².